The van der Waals surface area contributed by atoms with Crippen molar-refractivity contribution in [1.82, 2.24) is 0 Å². The maximum atomic E-state index is 10.8. The Morgan fingerprint density at radius 1 is 1.21 bits per heavy atom. The van der Waals surface area contributed by atoms with Gasteiger partial charge in [0.1, 0.15) is 0 Å². The predicted octanol–water partition coefficient (Wildman–Crippen LogP) is 2.75. The number of allylic oxidation sites excluding steroid dienone is 2. The van der Waals surface area contributed by atoms with Crippen LogP contribution in [-0.4, -0.2) is 45.1 Å². The molecule has 0 fully saturated rings. The minimum absolute atomic E-state index is 0.0359. The Labute approximate surface area is 143 Å². The van der Waals surface area contributed by atoms with Gasteiger partial charge in [0.15, 0.2) is 0 Å². The third-order valence-electron chi connectivity index (χ3n) is 3.93. The van der Waals surface area contributed by atoms with Crippen molar-refractivity contribution in [3.63, 3.8) is 0 Å². The summed E-state index contributed by atoms with van der Waals surface area (Å²) in [5, 5.41) is 34.9. The molecule has 4 N–H and O–H groups in total. The molecule has 2 atom stereocenters. The molecule has 138 valence electrons. The molecule has 0 heterocycles. The van der Waals surface area contributed by atoms with E-state index in [1.165, 1.54) is 50.8 Å². The van der Waals surface area contributed by atoms with Gasteiger partial charge in [0.2, 0.25) is 0 Å². The van der Waals surface area contributed by atoms with E-state index in [4.69, 9.17) is 20.4 Å². The molecule has 0 aromatic carbocycles. The summed E-state index contributed by atoms with van der Waals surface area (Å²) in [5.74, 6) is -2.06. The SMILES string of the molecule is CC1(C(=O)O)C=CC=C(C(=O)O)C1.CCCCCCCC(O)CO. The molecule has 1 rings (SSSR count). The van der Waals surface area contributed by atoms with Crippen molar-refractivity contribution in [2.75, 3.05) is 6.61 Å². The molecule has 0 bridgehead atoms. The molecule has 1 aliphatic rings. The van der Waals surface area contributed by atoms with E-state index in [1.807, 2.05) is 0 Å². The molecule has 24 heavy (non-hydrogen) atoms. The van der Waals surface area contributed by atoms with Crippen molar-refractivity contribution in [2.24, 2.45) is 5.41 Å². The van der Waals surface area contributed by atoms with Crippen molar-refractivity contribution in [1.29, 1.82) is 0 Å². The van der Waals surface area contributed by atoms with Crippen LogP contribution < -0.4 is 0 Å². The van der Waals surface area contributed by atoms with Crippen molar-refractivity contribution in [3.8, 4) is 0 Å². The fraction of sp³-hybridized carbons (Fsp3) is 0.667. The van der Waals surface area contributed by atoms with Crippen molar-refractivity contribution >= 4 is 11.9 Å². The Balaban J connectivity index is 0.000000449. The predicted molar refractivity (Wildman–Crippen MR) is 91.7 cm³/mol. The molecular weight excluding hydrogens is 312 g/mol. The lowest BCUT2D eigenvalue weighted by molar-refractivity contribution is -0.145. The number of aliphatic carboxylic acids is 2. The van der Waals surface area contributed by atoms with Crippen LogP contribution in [0.25, 0.3) is 0 Å². The van der Waals surface area contributed by atoms with Crippen LogP contribution in [0.15, 0.2) is 23.8 Å². The fourth-order valence-electron chi connectivity index (χ4n) is 2.26. The van der Waals surface area contributed by atoms with E-state index in [-0.39, 0.29) is 18.6 Å². The van der Waals surface area contributed by atoms with Gasteiger partial charge in [-0.2, -0.15) is 0 Å². The first-order chi connectivity index (χ1) is 11.3. The quantitative estimate of drug-likeness (QED) is 0.479. The van der Waals surface area contributed by atoms with E-state index in [9.17, 15) is 9.59 Å². The molecule has 0 saturated carbocycles. The molecule has 0 aromatic heterocycles. The fourth-order valence-corrected chi connectivity index (χ4v) is 2.26. The van der Waals surface area contributed by atoms with Gasteiger partial charge in [-0.15, -0.1) is 0 Å². The van der Waals surface area contributed by atoms with Gasteiger partial charge in [-0.25, -0.2) is 4.79 Å². The number of aliphatic hydroxyl groups is 2. The number of hydrogen-bond acceptors (Lipinski definition) is 4. The second-order valence-electron chi connectivity index (χ2n) is 6.29. The molecule has 0 aliphatic heterocycles. The summed E-state index contributed by atoms with van der Waals surface area (Å²) in [4.78, 5) is 21.3. The maximum Gasteiger partial charge on any atom is 0.331 e. The maximum absolute atomic E-state index is 10.8. The first kappa shape index (κ1) is 22.3. The molecule has 6 nitrogen and oxygen atoms in total. The molecule has 0 amide bonds. The molecule has 6 heteroatoms. The molecule has 0 spiro atoms. The number of carboxylic acids is 2. The standard InChI is InChI=1S/C9H10O4.C9H20O2/c1-9(8(12)13)4-2-3-6(5-9)7(10)11;1-2-3-4-5-6-7-9(11)8-10/h2-4H,5H2,1H3,(H,10,11)(H,12,13);9-11H,2-8H2,1H3. The zero-order valence-electron chi connectivity index (χ0n) is 14.6. The van der Waals surface area contributed by atoms with Crippen LogP contribution in [-0.2, 0) is 9.59 Å². The zero-order chi connectivity index (χ0) is 18.6. The average molecular weight is 342 g/mol. The van der Waals surface area contributed by atoms with Gasteiger partial charge >= 0.3 is 11.9 Å². The van der Waals surface area contributed by atoms with Crippen molar-refractivity contribution in [2.45, 2.75) is 64.9 Å². The third-order valence-corrected chi connectivity index (χ3v) is 3.93. The van der Waals surface area contributed by atoms with Gasteiger partial charge in [-0.1, -0.05) is 57.3 Å². The second-order valence-corrected chi connectivity index (χ2v) is 6.29. The Morgan fingerprint density at radius 3 is 2.33 bits per heavy atom. The summed E-state index contributed by atoms with van der Waals surface area (Å²) in [6.07, 6.45) is 10.7. The first-order valence-corrected chi connectivity index (χ1v) is 8.40. The van der Waals surface area contributed by atoms with Gasteiger partial charge in [-0.05, 0) is 19.8 Å². The molecule has 0 aromatic rings. The topological polar surface area (TPSA) is 115 Å². The largest absolute Gasteiger partial charge is 0.481 e. The van der Waals surface area contributed by atoms with E-state index in [0.29, 0.717) is 0 Å². The van der Waals surface area contributed by atoms with E-state index in [2.05, 4.69) is 6.92 Å². The Kier molecular flexibility index (Phi) is 11.0. The highest BCUT2D eigenvalue weighted by atomic mass is 16.4. The summed E-state index contributed by atoms with van der Waals surface area (Å²) >= 11 is 0. The number of rotatable bonds is 9. The smallest absolute Gasteiger partial charge is 0.331 e. The van der Waals surface area contributed by atoms with Crippen molar-refractivity contribution in [3.05, 3.63) is 23.8 Å². The summed E-state index contributed by atoms with van der Waals surface area (Å²) in [5.41, 5.74) is -0.949. The highest BCUT2D eigenvalue weighted by molar-refractivity contribution is 5.90. The number of carbonyl (C=O) groups is 2. The number of aliphatic hydroxyl groups excluding tert-OH is 2. The summed E-state index contributed by atoms with van der Waals surface area (Å²) in [6, 6.07) is 0. The molecule has 2 unspecified atom stereocenters. The van der Waals surface area contributed by atoms with E-state index in [1.54, 1.807) is 0 Å². The van der Waals surface area contributed by atoms with Gasteiger partial charge < -0.3 is 20.4 Å². The summed E-state index contributed by atoms with van der Waals surface area (Å²) in [7, 11) is 0. The lowest BCUT2D eigenvalue weighted by Crippen LogP contribution is -2.28. The van der Waals surface area contributed by atoms with Crippen LogP contribution in [0.3, 0.4) is 0 Å². The van der Waals surface area contributed by atoms with Crippen LogP contribution in [0.1, 0.15) is 58.8 Å². The van der Waals surface area contributed by atoms with E-state index >= 15 is 0 Å². The van der Waals surface area contributed by atoms with Crippen LogP contribution >= 0.6 is 0 Å². The van der Waals surface area contributed by atoms with Gasteiger partial charge in [-0.3, -0.25) is 4.79 Å². The van der Waals surface area contributed by atoms with Crippen LogP contribution in [0, 0.1) is 5.41 Å². The molecule has 1 aliphatic carbocycles. The van der Waals surface area contributed by atoms with Crippen LogP contribution in [0.2, 0.25) is 0 Å². The Bertz CT molecular complexity index is 454. The number of carboxylic acid groups (broad SMARTS) is 2. The summed E-state index contributed by atoms with van der Waals surface area (Å²) in [6.45, 7) is 3.60. The monoisotopic (exact) mass is 342 g/mol. The highest BCUT2D eigenvalue weighted by Crippen LogP contribution is 2.31. The Morgan fingerprint density at radius 2 is 1.83 bits per heavy atom. The number of unbranched alkanes of at least 4 members (excludes halogenated alkanes) is 4. The minimum Gasteiger partial charge on any atom is -0.481 e. The highest BCUT2D eigenvalue weighted by Gasteiger charge is 2.34. The first-order valence-electron chi connectivity index (χ1n) is 8.40. The van der Waals surface area contributed by atoms with Crippen LogP contribution in [0.4, 0.5) is 0 Å². The van der Waals surface area contributed by atoms with Gasteiger partial charge in [0, 0.05) is 5.57 Å². The normalized spacial score (nSPS) is 20.6. The molecule has 0 radical (unpaired) electrons. The van der Waals surface area contributed by atoms with Gasteiger partial charge in [0.25, 0.3) is 0 Å². The minimum atomic E-state index is -1.08. The van der Waals surface area contributed by atoms with Gasteiger partial charge in [0.05, 0.1) is 18.1 Å². The Hall–Kier alpha value is -1.66. The average Bonchev–Trinajstić information content (AvgIpc) is 2.55. The lowest BCUT2D eigenvalue weighted by Gasteiger charge is -2.23. The summed E-state index contributed by atoms with van der Waals surface area (Å²) < 4.78 is 0. The zero-order valence-corrected chi connectivity index (χ0v) is 14.6. The third kappa shape index (κ3) is 8.84. The molecule has 0 saturated heterocycles. The van der Waals surface area contributed by atoms with Crippen LogP contribution in [0.5, 0.6) is 0 Å². The number of hydrogen-bond donors (Lipinski definition) is 4. The van der Waals surface area contributed by atoms with E-state index < -0.39 is 23.5 Å². The van der Waals surface area contributed by atoms with Crippen molar-refractivity contribution < 1.29 is 30.0 Å². The lowest BCUT2D eigenvalue weighted by atomic mass is 9.80. The molecular formula is C18H30O6. The second kappa shape index (κ2) is 11.8. The van der Waals surface area contributed by atoms with E-state index in [0.717, 1.165) is 12.8 Å².